The number of hydrogen-bond donors (Lipinski definition) is 1. The van der Waals surface area contributed by atoms with Crippen molar-refractivity contribution in [1.82, 2.24) is 0 Å². The molecule has 110 valence electrons. The number of nitrogens with one attached hydrogen (secondary N) is 1. The first-order valence-corrected chi connectivity index (χ1v) is 7.35. The van der Waals surface area contributed by atoms with Gasteiger partial charge in [0.05, 0.1) is 22.6 Å². The van der Waals surface area contributed by atoms with Gasteiger partial charge in [0, 0.05) is 6.07 Å². The molecule has 2 aromatic rings. The van der Waals surface area contributed by atoms with Gasteiger partial charge in [-0.2, -0.15) is 0 Å². The molecule has 1 N–H and O–H groups in total. The number of carbonyl (C=O) groups is 2. The molecule has 0 saturated carbocycles. The molecule has 2 rings (SSSR count). The number of hydrogen-bond acceptors (Lipinski definition) is 7. The van der Waals surface area contributed by atoms with E-state index in [2.05, 4.69) is 10.1 Å². The topological polar surface area (TPSA) is 98.5 Å². The first-order valence-electron chi connectivity index (χ1n) is 5.66. The van der Waals surface area contributed by atoms with Crippen LogP contribution in [0.2, 0.25) is 0 Å². The van der Waals surface area contributed by atoms with Gasteiger partial charge >= 0.3 is 11.0 Å². The van der Waals surface area contributed by atoms with E-state index in [1.165, 1.54) is 19.2 Å². The molecule has 2 aromatic heterocycles. The van der Waals surface area contributed by atoms with E-state index in [1.54, 1.807) is 12.3 Å². The summed E-state index contributed by atoms with van der Waals surface area (Å²) in [5, 5.41) is 14.8. The Kier molecular flexibility index (Phi) is 4.34. The van der Waals surface area contributed by atoms with Crippen LogP contribution in [0, 0.1) is 17.0 Å². The number of nitro groups is 1. The third-order valence-electron chi connectivity index (χ3n) is 2.58. The number of carbonyl (C=O) groups excluding carboxylic acids is 2. The van der Waals surface area contributed by atoms with Crippen LogP contribution >= 0.6 is 22.7 Å². The highest BCUT2D eigenvalue weighted by molar-refractivity contribution is 7.17. The minimum atomic E-state index is -0.558. The molecule has 0 aliphatic rings. The van der Waals surface area contributed by atoms with Crippen molar-refractivity contribution in [3.63, 3.8) is 0 Å². The highest BCUT2D eigenvalue weighted by atomic mass is 32.1. The van der Waals surface area contributed by atoms with E-state index in [0.29, 0.717) is 5.69 Å². The van der Waals surface area contributed by atoms with Crippen LogP contribution in [0.1, 0.15) is 24.9 Å². The van der Waals surface area contributed by atoms with Crippen LogP contribution < -0.4 is 5.32 Å². The van der Waals surface area contributed by atoms with Crippen molar-refractivity contribution in [3.8, 4) is 0 Å². The summed E-state index contributed by atoms with van der Waals surface area (Å²) in [5.41, 5.74) is 1.09. The van der Waals surface area contributed by atoms with Gasteiger partial charge in [0.2, 0.25) is 0 Å². The Labute approximate surface area is 127 Å². The lowest BCUT2D eigenvalue weighted by atomic mass is 10.2. The summed E-state index contributed by atoms with van der Waals surface area (Å²) in [4.78, 5) is 34.2. The number of ether oxygens (including phenoxy) is 1. The molecule has 21 heavy (non-hydrogen) atoms. The number of aryl methyl sites for hydroxylation is 1. The van der Waals surface area contributed by atoms with E-state index in [1.807, 2.05) is 0 Å². The zero-order valence-corrected chi connectivity index (χ0v) is 12.7. The maximum absolute atomic E-state index is 12.1. The first kappa shape index (κ1) is 15.1. The Balaban J connectivity index is 2.25. The summed E-state index contributed by atoms with van der Waals surface area (Å²) < 4.78 is 4.65. The second-order valence-corrected chi connectivity index (χ2v) is 5.91. The number of anilines is 1. The van der Waals surface area contributed by atoms with Crippen LogP contribution in [0.4, 0.5) is 10.7 Å². The predicted octanol–water partition coefficient (Wildman–Crippen LogP) is 3.07. The largest absolute Gasteiger partial charge is 0.465 e. The van der Waals surface area contributed by atoms with Gasteiger partial charge in [-0.3, -0.25) is 14.9 Å². The van der Waals surface area contributed by atoms with E-state index in [4.69, 9.17) is 0 Å². The normalized spacial score (nSPS) is 10.2. The standard InChI is InChI=1S/C12H10N2O5S2/c1-6-5-20-10(12(16)19-2)9(6)13-11(15)7-3-4-8(21-7)14(17)18/h3-5H,1-2H3,(H,13,15). The monoisotopic (exact) mass is 326 g/mol. The molecule has 0 bridgehead atoms. The summed E-state index contributed by atoms with van der Waals surface area (Å²) in [7, 11) is 1.26. The van der Waals surface area contributed by atoms with E-state index >= 15 is 0 Å². The smallest absolute Gasteiger partial charge is 0.350 e. The molecule has 0 aliphatic carbocycles. The minimum absolute atomic E-state index is 0.115. The van der Waals surface area contributed by atoms with Crippen LogP contribution in [-0.2, 0) is 4.74 Å². The fourth-order valence-electron chi connectivity index (χ4n) is 1.57. The van der Waals surface area contributed by atoms with E-state index in [0.717, 1.165) is 28.2 Å². The van der Waals surface area contributed by atoms with E-state index in [9.17, 15) is 19.7 Å². The van der Waals surface area contributed by atoms with Crippen molar-refractivity contribution < 1.29 is 19.2 Å². The highest BCUT2D eigenvalue weighted by Gasteiger charge is 2.21. The predicted molar refractivity (Wildman–Crippen MR) is 79.3 cm³/mol. The number of esters is 1. The molecule has 0 atom stereocenters. The summed E-state index contributed by atoms with van der Waals surface area (Å²) in [6.45, 7) is 1.75. The highest BCUT2D eigenvalue weighted by Crippen LogP contribution is 2.30. The Morgan fingerprint density at radius 2 is 2.10 bits per heavy atom. The zero-order chi connectivity index (χ0) is 15.6. The summed E-state index contributed by atoms with van der Waals surface area (Å²) >= 11 is 1.93. The minimum Gasteiger partial charge on any atom is -0.465 e. The van der Waals surface area contributed by atoms with Gasteiger partial charge < -0.3 is 10.1 Å². The van der Waals surface area contributed by atoms with Crippen molar-refractivity contribution in [1.29, 1.82) is 0 Å². The molecule has 7 nitrogen and oxygen atoms in total. The van der Waals surface area contributed by atoms with Crippen molar-refractivity contribution in [2.24, 2.45) is 0 Å². The summed E-state index contributed by atoms with van der Waals surface area (Å²) in [6.07, 6.45) is 0. The molecule has 0 aromatic carbocycles. The Morgan fingerprint density at radius 3 is 2.67 bits per heavy atom. The molecule has 2 heterocycles. The van der Waals surface area contributed by atoms with Crippen LogP contribution in [0.5, 0.6) is 0 Å². The molecule has 1 amide bonds. The van der Waals surface area contributed by atoms with Crippen molar-refractivity contribution in [2.75, 3.05) is 12.4 Å². The van der Waals surface area contributed by atoms with Crippen LogP contribution in [-0.4, -0.2) is 23.9 Å². The summed E-state index contributed by atoms with van der Waals surface area (Å²) in [6, 6.07) is 2.64. The lowest BCUT2D eigenvalue weighted by molar-refractivity contribution is -0.380. The molecule has 0 spiro atoms. The average Bonchev–Trinajstić information content (AvgIpc) is 3.06. The molecule has 0 unspecified atom stereocenters. The fourth-order valence-corrected chi connectivity index (χ4v) is 3.20. The molecule has 0 aliphatic heterocycles. The fraction of sp³-hybridized carbons (Fsp3) is 0.167. The zero-order valence-electron chi connectivity index (χ0n) is 11.0. The summed E-state index contributed by atoms with van der Waals surface area (Å²) in [5.74, 6) is -1.04. The maximum Gasteiger partial charge on any atom is 0.350 e. The number of thiophene rings is 2. The molecular formula is C12H10N2O5S2. The van der Waals surface area contributed by atoms with Gasteiger partial charge in [0.15, 0.2) is 0 Å². The Morgan fingerprint density at radius 1 is 1.38 bits per heavy atom. The van der Waals surface area contributed by atoms with E-state index < -0.39 is 16.8 Å². The van der Waals surface area contributed by atoms with Gasteiger partial charge in [0.1, 0.15) is 4.88 Å². The average molecular weight is 326 g/mol. The Hall–Kier alpha value is -2.26. The van der Waals surface area contributed by atoms with Gasteiger partial charge in [0.25, 0.3) is 5.91 Å². The molecule has 0 saturated heterocycles. The maximum atomic E-state index is 12.1. The van der Waals surface area contributed by atoms with Crippen molar-refractivity contribution in [3.05, 3.63) is 42.9 Å². The van der Waals surface area contributed by atoms with Gasteiger partial charge in [-0.1, -0.05) is 11.3 Å². The number of nitrogens with zero attached hydrogens (tertiary/aromatic N) is 1. The van der Waals surface area contributed by atoms with Crippen LogP contribution in [0.3, 0.4) is 0 Å². The molecule has 9 heteroatoms. The van der Waals surface area contributed by atoms with Crippen LogP contribution in [0.25, 0.3) is 0 Å². The first-order chi connectivity index (χ1) is 9.93. The lowest BCUT2D eigenvalue weighted by Crippen LogP contribution is -2.13. The third-order valence-corrected chi connectivity index (χ3v) is 4.69. The second-order valence-electron chi connectivity index (χ2n) is 3.96. The van der Waals surface area contributed by atoms with Crippen molar-refractivity contribution in [2.45, 2.75) is 6.92 Å². The number of methoxy groups -OCH3 is 1. The quantitative estimate of drug-likeness (QED) is 0.529. The molecular weight excluding hydrogens is 316 g/mol. The van der Waals surface area contributed by atoms with Crippen molar-refractivity contribution >= 4 is 45.2 Å². The third kappa shape index (κ3) is 3.09. The van der Waals surface area contributed by atoms with Gasteiger partial charge in [-0.25, -0.2) is 4.79 Å². The SMILES string of the molecule is COC(=O)c1scc(C)c1NC(=O)c1ccc([N+](=O)[O-])s1. The second kappa shape index (κ2) is 6.02. The molecule has 0 radical (unpaired) electrons. The molecule has 0 fully saturated rings. The van der Waals surface area contributed by atoms with Gasteiger partial charge in [-0.05, 0) is 23.9 Å². The van der Waals surface area contributed by atoms with Gasteiger partial charge in [-0.15, -0.1) is 11.3 Å². The lowest BCUT2D eigenvalue weighted by Gasteiger charge is -2.05. The number of amides is 1. The van der Waals surface area contributed by atoms with E-state index in [-0.39, 0.29) is 14.8 Å². The number of rotatable bonds is 4. The van der Waals surface area contributed by atoms with Crippen LogP contribution in [0.15, 0.2) is 17.5 Å². The Bertz CT molecular complexity index is 719.